The maximum absolute atomic E-state index is 13.6. The molecule has 4 rings (SSSR count). The third kappa shape index (κ3) is 3.49. The van der Waals surface area contributed by atoms with Crippen LogP contribution < -0.4 is 10.5 Å². The number of fused-ring (bicyclic) bond motifs is 1. The Morgan fingerprint density at radius 2 is 1.89 bits per heavy atom. The van der Waals surface area contributed by atoms with Gasteiger partial charge < -0.3 is 10.0 Å². The summed E-state index contributed by atoms with van der Waals surface area (Å²) in [6, 6.07) is 4.91. The minimum Gasteiger partial charge on any atom is -0.481 e. The second kappa shape index (κ2) is 7.31. The van der Waals surface area contributed by atoms with Gasteiger partial charge in [0, 0.05) is 19.2 Å². The number of hydrogen-bond donors (Lipinski definition) is 1. The van der Waals surface area contributed by atoms with Crippen molar-refractivity contribution in [3.8, 4) is 0 Å². The summed E-state index contributed by atoms with van der Waals surface area (Å²) in [6.45, 7) is 0.857. The van der Waals surface area contributed by atoms with E-state index in [0.717, 1.165) is 6.07 Å². The molecule has 1 aliphatic heterocycles. The predicted octanol–water partition coefficient (Wildman–Crippen LogP) is 3.09. The maximum atomic E-state index is 13.6. The average molecular weight is 405 g/mol. The Hall–Kier alpha value is -2.81. The van der Waals surface area contributed by atoms with Gasteiger partial charge in [0.05, 0.1) is 18.0 Å². The lowest BCUT2D eigenvalue weighted by Gasteiger charge is -2.32. The van der Waals surface area contributed by atoms with Crippen molar-refractivity contribution < 1.29 is 18.7 Å². The first-order chi connectivity index (χ1) is 13.4. The van der Waals surface area contributed by atoms with E-state index in [9.17, 15) is 23.5 Å². The van der Waals surface area contributed by atoms with Crippen LogP contribution in [0.25, 0.3) is 10.2 Å². The number of aliphatic carboxylic acids is 1. The van der Waals surface area contributed by atoms with Crippen molar-refractivity contribution in [2.45, 2.75) is 19.4 Å². The first-order valence-electron chi connectivity index (χ1n) is 8.83. The van der Waals surface area contributed by atoms with E-state index in [1.54, 1.807) is 11.4 Å². The van der Waals surface area contributed by atoms with Gasteiger partial charge in [0.25, 0.3) is 5.56 Å². The number of carboxylic acids is 1. The number of piperidine rings is 1. The zero-order valence-electron chi connectivity index (χ0n) is 14.8. The summed E-state index contributed by atoms with van der Waals surface area (Å²) in [4.78, 5) is 30.7. The average Bonchev–Trinajstić information content (AvgIpc) is 3.12. The Morgan fingerprint density at radius 1 is 1.21 bits per heavy atom. The standard InChI is InChI=1S/C19H17F2N3O3S/c20-13-7-11(8-14(21)9-13)10-24-17(25)16-15(3-6-28-16)22-19(24)23-4-1-12(2-5-23)18(26)27/h3,6-9,12H,1-2,4-5,10H2,(H,26,27). The first-order valence-corrected chi connectivity index (χ1v) is 9.71. The summed E-state index contributed by atoms with van der Waals surface area (Å²) in [5.74, 6) is -2.27. The summed E-state index contributed by atoms with van der Waals surface area (Å²) in [7, 11) is 0. The molecule has 2 aromatic heterocycles. The number of carboxylic acid groups (broad SMARTS) is 1. The van der Waals surface area contributed by atoms with Crippen LogP contribution in [0.1, 0.15) is 18.4 Å². The minimum absolute atomic E-state index is 0.0253. The molecule has 1 fully saturated rings. The van der Waals surface area contributed by atoms with E-state index in [4.69, 9.17) is 0 Å². The highest BCUT2D eigenvalue weighted by Crippen LogP contribution is 2.25. The lowest BCUT2D eigenvalue weighted by molar-refractivity contribution is -0.142. The first kappa shape index (κ1) is 18.5. The van der Waals surface area contributed by atoms with E-state index in [0.29, 0.717) is 47.7 Å². The molecule has 0 aliphatic carbocycles. The van der Waals surface area contributed by atoms with Crippen LogP contribution in [0.2, 0.25) is 0 Å². The molecule has 146 valence electrons. The van der Waals surface area contributed by atoms with Gasteiger partial charge in [0.15, 0.2) is 0 Å². The van der Waals surface area contributed by atoms with Crippen LogP contribution in [-0.4, -0.2) is 33.7 Å². The second-order valence-corrected chi connectivity index (χ2v) is 7.73. The molecule has 3 aromatic rings. The van der Waals surface area contributed by atoms with Crippen LogP contribution in [0.3, 0.4) is 0 Å². The lowest BCUT2D eigenvalue weighted by Crippen LogP contribution is -2.40. The Balaban J connectivity index is 1.76. The second-order valence-electron chi connectivity index (χ2n) is 6.82. The highest BCUT2D eigenvalue weighted by atomic mass is 32.1. The van der Waals surface area contributed by atoms with Crippen molar-refractivity contribution >= 4 is 33.5 Å². The van der Waals surface area contributed by atoms with Crippen molar-refractivity contribution in [2.24, 2.45) is 5.92 Å². The zero-order chi connectivity index (χ0) is 19.8. The normalized spacial score (nSPS) is 15.3. The summed E-state index contributed by atoms with van der Waals surface area (Å²) in [6.07, 6.45) is 0.892. The quantitative estimate of drug-likeness (QED) is 0.722. The molecular weight excluding hydrogens is 388 g/mol. The molecule has 0 saturated carbocycles. The molecule has 3 heterocycles. The van der Waals surface area contributed by atoms with Crippen molar-refractivity contribution in [3.05, 3.63) is 57.2 Å². The molecule has 1 saturated heterocycles. The van der Waals surface area contributed by atoms with E-state index in [1.807, 2.05) is 4.90 Å². The van der Waals surface area contributed by atoms with E-state index in [2.05, 4.69) is 4.98 Å². The predicted molar refractivity (Wildman–Crippen MR) is 102 cm³/mol. The number of benzene rings is 1. The summed E-state index contributed by atoms with van der Waals surface area (Å²) < 4.78 is 29.1. The van der Waals surface area contributed by atoms with Gasteiger partial charge >= 0.3 is 5.97 Å². The molecule has 0 spiro atoms. The molecule has 1 N–H and O–H groups in total. The number of hydrogen-bond acceptors (Lipinski definition) is 5. The van der Waals surface area contributed by atoms with Gasteiger partial charge in [0.2, 0.25) is 5.95 Å². The van der Waals surface area contributed by atoms with Gasteiger partial charge in [-0.15, -0.1) is 11.3 Å². The lowest BCUT2D eigenvalue weighted by atomic mass is 9.97. The smallest absolute Gasteiger partial charge is 0.306 e. The van der Waals surface area contributed by atoms with Crippen molar-refractivity contribution in [1.82, 2.24) is 9.55 Å². The number of rotatable bonds is 4. The van der Waals surface area contributed by atoms with Gasteiger partial charge in [0.1, 0.15) is 16.3 Å². The van der Waals surface area contributed by atoms with Crippen LogP contribution in [-0.2, 0) is 11.3 Å². The number of anilines is 1. The number of carbonyl (C=O) groups is 1. The molecule has 0 atom stereocenters. The largest absolute Gasteiger partial charge is 0.481 e. The molecule has 0 amide bonds. The van der Waals surface area contributed by atoms with Gasteiger partial charge in [-0.3, -0.25) is 14.2 Å². The fourth-order valence-corrected chi connectivity index (χ4v) is 4.31. The van der Waals surface area contributed by atoms with Crippen molar-refractivity contribution in [3.63, 3.8) is 0 Å². The third-order valence-corrected chi connectivity index (χ3v) is 5.83. The summed E-state index contributed by atoms with van der Waals surface area (Å²) in [5, 5.41) is 11.0. The minimum atomic E-state index is -0.825. The summed E-state index contributed by atoms with van der Waals surface area (Å²) in [5.41, 5.74) is 0.603. The third-order valence-electron chi connectivity index (χ3n) is 4.94. The fourth-order valence-electron chi connectivity index (χ4n) is 3.53. The van der Waals surface area contributed by atoms with Gasteiger partial charge in [-0.05, 0) is 42.0 Å². The Bertz CT molecular complexity index is 1080. The highest BCUT2D eigenvalue weighted by molar-refractivity contribution is 7.17. The Morgan fingerprint density at radius 3 is 2.54 bits per heavy atom. The molecule has 0 radical (unpaired) electrons. The van der Waals surface area contributed by atoms with Gasteiger partial charge in [-0.1, -0.05) is 0 Å². The molecule has 0 unspecified atom stereocenters. The maximum Gasteiger partial charge on any atom is 0.306 e. The molecule has 1 aromatic carbocycles. The fraction of sp³-hybridized carbons (Fsp3) is 0.316. The Labute approximate surface area is 162 Å². The number of aromatic nitrogens is 2. The number of halogens is 2. The summed E-state index contributed by atoms with van der Waals surface area (Å²) >= 11 is 1.26. The molecule has 1 aliphatic rings. The van der Waals surface area contributed by atoms with E-state index in [-0.39, 0.29) is 12.1 Å². The van der Waals surface area contributed by atoms with Gasteiger partial charge in [-0.25, -0.2) is 13.8 Å². The molecule has 0 bridgehead atoms. The monoisotopic (exact) mass is 405 g/mol. The van der Waals surface area contributed by atoms with Crippen LogP contribution in [0, 0.1) is 17.6 Å². The van der Waals surface area contributed by atoms with E-state index >= 15 is 0 Å². The molecule has 9 heteroatoms. The van der Waals surface area contributed by atoms with Crippen LogP contribution >= 0.6 is 11.3 Å². The number of nitrogens with zero attached hydrogens (tertiary/aromatic N) is 3. The topological polar surface area (TPSA) is 75.4 Å². The van der Waals surface area contributed by atoms with Crippen molar-refractivity contribution in [2.75, 3.05) is 18.0 Å². The number of thiophene rings is 1. The highest BCUT2D eigenvalue weighted by Gasteiger charge is 2.27. The zero-order valence-corrected chi connectivity index (χ0v) is 15.6. The van der Waals surface area contributed by atoms with Crippen LogP contribution in [0.4, 0.5) is 14.7 Å². The van der Waals surface area contributed by atoms with Crippen LogP contribution in [0.15, 0.2) is 34.4 Å². The molecule has 28 heavy (non-hydrogen) atoms. The Kier molecular flexibility index (Phi) is 4.84. The SMILES string of the molecule is O=C(O)C1CCN(c2nc3ccsc3c(=O)n2Cc2cc(F)cc(F)c2)CC1. The van der Waals surface area contributed by atoms with E-state index in [1.165, 1.54) is 28.0 Å². The van der Waals surface area contributed by atoms with E-state index < -0.39 is 23.5 Å². The molecule has 6 nitrogen and oxygen atoms in total. The van der Waals surface area contributed by atoms with Crippen molar-refractivity contribution in [1.29, 1.82) is 0 Å². The van der Waals surface area contributed by atoms with Crippen LogP contribution in [0.5, 0.6) is 0 Å². The molecular formula is C19H17F2N3O3S. The van der Waals surface area contributed by atoms with Gasteiger partial charge in [-0.2, -0.15) is 0 Å².